The van der Waals surface area contributed by atoms with E-state index in [0.717, 1.165) is 0 Å². The fourth-order valence-corrected chi connectivity index (χ4v) is 0.662. The van der Waals surface area contributed by atoms with Crippen LogP contribution in [0.2, 0.25) is 0 Å². The highest BCUT2D eigenvalue weighted by molar-refractivity contribution is 7.80. The normalized spacial score (nSPS) is 9.17. The SMILES string of the molecule is CN(C)C(=S)Nc1ncccn1. The highest BCUT2D eigenvalue weighted by Crippen LogP contribution is 1.95. The molecule has 1 N–H and O–H groups in total. The number of hydrogen-bond acceptors (Lipinski definition) is 3. The Balaban J connectivity index is 2.59. The second kappa shape index (κ2) is 3.96. The van der Waals surface area contributed by atoms with E-state index in [0.29, 0.717) is 11.1 Å². The second-order valence-electron chi connectivity index (χ2n) is 2.40. The maximum atomic E-state index is 4.99. The summed E-state index contributed by atoms with van der Waals surface area (Å²) in [6.45, 7) is 0. The summed E-state index contributed by atoms with van der Waals surface area (Å²) >= 11 is 4.99. The third kappa shape index (κ3) is 2.43. The number of aromatic nitrogens is 2. The summed E-state index contributed by atoms with van der Waals surface area (Å²) in [6.07, 6.45) is 3.32. The van der Waals surface area contributed by atoms with Crippen molar-refractivity contribution < 1.29 is 0 Å². The molecule has 0 aliphatic rings. The van der Waals surface area contributed by atoms with Crippen molar-refractivity contribution in [2.45, 2.75) is 0 Å². The molecular weight excluding hydrogens is 172 g/mol. The van der Waals surface area contributed by atoms with Gasteiger partial charge < -0.3 is 10.2 Å². The maximum Gasteiger partial charge on any atom is 0.228 e. The highest BCUT2D eigenvalue weighted by atomic mass is 32.1. The van der Waals surface area contributed by atoms with Gasteiger partial charge in [0.1, 0.15) is 0 Å². The molecule has 1 aromatic heterocycles. The Kier molecular flexibility index (Phi) is 2.93. The van der Waals surface area contributed by atoms with Gasteiger partial charge in [0.2, 0.25) is 5.95 Å². The first-order valence-corrected chi connectivity index (χ1v) is 3.86. The van der Waals surface area contributed by atoms with Crippen molar-refractivity contribution >= 4 is 23.3 Å². The molecular formula is C7H10N4S. The summed E-state index contributed by atoms with van der Waals surface area (Å²) in [4.78, 5) is 9.71. The molecule has 1 rings (SSSR count). The average Bonchev–Trinajstić information content (AvgIpc) is 2.06. The summed E-state index contributed by atoms with van der Waals surface area (Å²) in [5.74, 6) is 0.524. The van der Waals surface area contributed by atoms with Gasteiger partial charge in [0.05, 0.1) is 0 Å². The van der Waals surface area contributed by atoms with E-state index in [4.69, 9.17) is 12.2 Å². The summed E-state index contributed by atoms with van der Waals surface area (Å²) in [7, 11) is 3.72. The lowest BCUT2D eigenvalue weighted by Crippen LogP contribution is -2.27. The number of nitrogens with zero attached hydrogens (tertiary/aromatic N) is 3. The van der Waals surface area contributed by atoms with Crippen molar-refractivity contribution in [3.8, 4) is 0 Å². The van der Waals surface area contributed by atoms with E-state index in [2.05, 4.69) is 15.3 Å². The van der Waals surface area contributed by atoms with Crippen LogP contribution in [0.25, 0.3) is 0 Å². The van der Waals surface area contributed by atoms with E-state index >= 15 is 0 Å². The number of anilines is 1. The van der Waals surface area contributed by atoms with Crippen molar-refractivity contribution in [2.24, 2.45) is 0 Å². The Hall–Kier alpha value is -1.23. The lowest BCUT2D eigenvalue weighted by molar-refractivity contribution is 0.633. The number of thiocarbonyl (C=S) groups is 1. The Morgan fingerprint density at radius 1 is 1.42 bits per heavy atom. The van der Waals surface area contributed by atoms with Gasteiger partial charge in [-0.1, -0.05) is 0 Å². The summed E-state index contributed by atoms with van der Waals surface area (Å²) < 4.78 is 0. The van der Waals surface area contributed by atoms with Crippen LogP contribution in [0.15, 0.2) is 18.5 Å². The van der Waals surface area contributed by atoms with E-state index in [9.17, 15) is 0 Å². The van der Waals surface area contributed by atoms with Gasteiger partial charge in [-0.25, -0.2) is 9.97 Å². The van der Waals surface area contributed by atoms with Crippen molar-refractivity contribution in [2.75, 3.05) is 19.4 Å². The van der Waals surface area contributed by atoms with Gasteiger partial charge in [0, 0.05) is 26.5 Å². The van der Waals surface area contributed by atoms with Crippen LogP contribution in [-0.4, -0.2) is 34.1 Å². The maximum absolute atomic E-state index is 4.99. The average molecular weight is 182 g/mol. The molecule has 5 heteroatoms. The molecule has 0 aromatic carbocycles. The molecule has 0 aliphatic carbocycles. The minimum absolute atomic E-state index is 0.524. The minimum atomic E-state index is 0.524. The van der Waals surface area contributed by atoms with Crippen LogP contribution in [0, 0.1) is 0 Å². The molecule has 1 aromatic rings. The molecule has 1 heterocycles. The van der Waals surface area contributed by atoms with Gasteiger partial charge in [-0.2, -0.15) is 0 Å². The summed E-state index contributed by atoms with van der Waals surface area (Å²) in [5, 5.41) is 3.47. The molecule has 0 fully saturated rings. The zero-order chi connectivity index (χ0) is 8.97. The first-order valence-electron chi connectivity index (χ1n) is 3.45. The van der Waals surface area contributed by atoms with Crippen molar-refractivity contribution in [3.05, 3.63) is 18.5 Å². The molecule has 12 heavy (non-hydrogen) atoms. The van der Waals surface area contributed by atoms with Crippen molar-refractivity contribution in [1.82, 2.24) is 14.9 Å². The highest BCUT2D eigenvalue weighted by Gasteiger charge is 1.99. The first kappa shape index (κ1) is 8.86. The van der Waals surface area contributed by atoms with E-state index in [1.807, 2.05) is 14.1 Å². The molecule has 0 radical (unpaired) electrons. The number of hydrogen-bond donors (Lipinski definition) is 1. The number of nitrogens with one attached hydrogen (secondary N) is 1. The Morgan fingerprint density at radius 3 is 2.50 bits per heavy atom. The lowest BCUT2D eigenvalue weighted by Gasteiger charge is -2.13. The predicted octanol–water partition coefficient (Wildman–Crippen LogP) is 0.735. The van der Waals surface area contributed by atoms with Crippen LogP contribution in [0.5, 0.6) is 0 Å². The van der Waals surface area contributed by atoms with Gasteiger partial charge in [-0.3, -0.25) is 0 Å². The third-order valence-electron chi connectivity index (χ3n) is 1.19. The molecule has 0 aliphatic heterocycles. The van der Waals surface area contributed by atoms with Crippen LogP contribution in [0.1, 0.15) is 0 Å². The topological polar surface area (TPSA) is 41.0 Å². The van der Waals surface area contributed by atoms with Crippen LogP contribution < -0.4 is 5.32 Å². The summed E-state index contributed by atoms with van der Waals surface area (Å²) in [6, 6.07) is 1.75. The lowest BCUT2D eigenvalue weighted by atomic mass is 10.7. The van der Waals surface area contributed by atoms with Crippen LogP contribution >= 0.6 is 12.2 Å². The molecule has 64 valence electrons. The number of rotatable bonds is 1. The van der Waals surface area contributed by atoms with E-state index in [-0.39, 0.29) is 0 Å². The molecule has 0 saturated heterocycles. The third-order valence-corrected chi connectivity index (χ3v) is 1.66. The quantitative estimate of drug-likeness (QED) is 0.649. The molecule has 0 atom stereocenters. The Morgan fingerprint density at radius 2 is 2.00 bits per heavy atom. The van der Waals surface area contributed by atoms with Gasteiger partial charge in [0.15, 0.2) is 5.11 Å². The molecule has 0 amide bonds. The smallest absolute Gasteiger partial charge is 0.228 e. The fourth-order valence-electron chi connectivity index (χ4n) is 0.571. The van der Waals surface area contributed by atoms with E-state index in [1.54, 1.807) is 23.4 Å². The van der Waals surface area contributed by atoms with Gasteiger partial charge in [0.25, 0.3) is 0 Å². The van der Waals surface area contributed by atoms with Gasteiger partial charge in [-0.15, -0.1) is 0 Å². The monoisotopic (exact) mass is 182 g/mol. The van der Waals surface area contributed by atoms with E-state index < -0.39 is 0 Å². The second-order valence-corrected chi connectivity index (χ2v) is 2.78. The van der Waals surface area contributed by atoms with Crippen LogP contribution in [-0.2, 0) is 0 Å². The standard InChI is InChI=1S/C7H10N4S/c1-11(2)7(12)10-6-8-4-3-5-9-6/h3-5H,1-2H3,(H,8,9,10,12). The van der Waals surface area contributed by atoms with Crippen LogP contribution in [0.4, 0.5) is 5.95 Å². The van der Waals surface area contributed by atoms with Crippen molar-refractivity contribution in [1.29, 1.82) is 0 Å². The van der Waals surface area contributed by atoms with Gasteiger partial charge in [-0.05, 0) is 18.3 Å². The zero-order valence-electron chi connectivity index (χ0n) is 6.98. The molecule has 0 bridgehead atoms. The fraction of sp³-hybridized carbons (Fsp3) is 0.286. The first-order chi connectivity index (χ1) is 5.70. The molecule has 0 spiro atoms. The zero-order valence-corrected chi connectivity index (χ0v) is 7.80. The van der Waals surface area contributed by atoms with E-state index in [1.165, 1.54) is 0 Å². The Bertz CT molecular complexity index is 259. The van der Waals surface area contributed by atoms with Crippen LogP contribution in [0.3, 0.4) is 0 Å². The Labute approximate surface area is 76.6 Å². The minimum Gasteiger partial charge on any atom is -0.355 e. The van der Waals surface area contributed by atoms with Gasteiger partial charge >= 0.3 is 0 Å². The predicted molar refractivity (Wildman–Crippen MR) is 51.9 cm³/mol. The van der Waals surface area contributed by atoms with Crippen molar-refractivity contribution in [3.63, 3.8) is 0 Å². The molecule has 4 nitrogen and oxygen atoms in total. The molecule has 0 unspecified atom stereocenters. The molecule has 0 saturated carbocycles. The largest absolute Gasteiger partial charge is 0.355 e. The summed E-state index contributed by atoms with van der Waals surface area (Å²) in [5.41, 5.74) is 0.